The lowest BCUT2D eigenvalue weighted by Crippen LogP contribution is -2.53. The molecule has 1 aromatic heterocycles. The average molecular weight is 554 g/mol. The fourth-order valence-electron chi connectivity index (χ4n) is 5.01. The molecule has 0 spiro atoms. The number of nitrogens with zero attached hydrogens (tertiary/aromatic N) is 3. The van der Waals surface area contributed by atoms with Gasteiger partial charge in [0.15, 0.2) is 0 Å². The van der Waals surface area contributed by atoms with Crippen molar-refractivity contribution in [1.82, 2.24) is 14.1 Å². The van der Waals surface area contributed by atoms with Crippen LogP contribution in [0.3, 0.4) is 0 Å². The van der Waals surface area contributed by atoms with E-state index in [9.17, 15) is 35.2 Å². The number of ether oxygens (including phenoxy) is 1. The third-order valence-electron chi connectivity index (χ3n) is 6.91. The van der Waals surface area contributed by atoms with E-state index in [2.05, 4.69) is 5.10 Å². The number of methoxy groups -OCH3 is 1. The molecule has 0 radical (unpaired) electrons. The van der Waals surface area contributed by atoms with E-state index < -0.39 is 49.7 Å². The third-order valence-corrected chi connectivity index (χ3v) is 8.75. The van der Waals surface area contributed by atoms with Crippen molar-refractivity contribution in [2.45, 2.75) is 23.9 Å². The standard InChI is InChI=1S/C25H20F5N3O4S/c1-37-23(34)24-12-15-13-31-33(18-4-2-17(26)3-5-18)22(15)10-16(24)8-9-32(14-24)38(35,36)19-6-7-20(21(27)11-19)25(28,29)30/h2-7,10-11,13H,8-9,12,14H2,1H3. The number of hydrogen-bond donors (Lipinski definition) is 0. The van der Waals surface area contributed by atoms with Gasteiger partial charge in [-0.05, 0) is 72.5 Å². The number of rotatable bonds is 4. The zero-order chi connectivity index (χ0) is 27.5. The van der Waals surface area contributed by atoms with Crippen molar-refractivity contribution in [3.63, 3.8) is 0 Å². The minimum absolute atomic E-state index is 0.0371. The number of fused-ring (bicyclic) bond motifs is 2. The SMILES string of the molecule is COC(=O)C12Cc3cnn(-c4ccc(F)cc4)c3C=C1CCN(S(=O)(=O)c1ccc(C(F)(F)F)c(F)c1)C2. The third kappa shape index (κ3) is 4.19. The van der Waals surface area contributed by atoms with Gasteiger partial charge >= 0.3 is 12.1 Å². The Balaban J connectivity index is 1.52. The van der Waals surface area contributed by atoms with Crippen molar-refractivity contribution < 1.29 is 39.9 Å². The number of carbonyl (C=O) groups is 1. The van der Waals surface area contributed by atoms with Gasteiger partial charge in [-0.1, -0.05) is 0 Å². The van der Waals surface area contributed by atoms with Crippen LogP contribution in [0.4, 0.5) is 22.0 Å². The summed E-state index contributed by atoms with van der Waals surface area (Å²) in [6.07, 6.45) is -1.59. The van der Waals surface area contributed by atoms with Crippen molar-refractivity contribution in [2.24, 2.45) is 5.41 Å². The first-order chi connectivity index (χ1) is 17.9. The molecule has 1 aliphatic carbocycles. The number of benzene rings is 2. The number of hydrogen-bond acceptors (Lipinski definition) is 5. The number of alkyl halides is 3. The lowest BCUT2D eigenvalue weighted by Gasteiger charge is -2.43. The van der Waals surface area contributed by atoms with Crippen LogP contribution in [0.5, 0.6) is 0 Å². The molecule has 3 aromatic rings. The molecule has 2 aliphatic rings. The van der Waals surface area contributed by atoms with Gasteiger partial charge in [-0.3, -0.25) is 4.79 Å². The van der Waals surface area contributed by atoms with Crippen LogP contribution in [-0.2, 0) is 32.2 Å². The van der Waals surface area contributed by atoms with Gasteiger partial charge in [0, 0.05) is 13.1 Å². The van der Waals surface area contributed by atoms with Gasteiger partial charge in [0.05, 0.1) is 35.1 Å². The number of carbonyl (C=O) groups excluding carboxylic acids is 1. The Morgan fingerprint density at radius 2 is 1.82 bits per heavy atom. The summed E-state index contributed by atoms with van der Waals surface area (Å²) in [4.78, 5) is 12.5. The van der Waals surface area contributed by atoms with Gasteiger partial charge in [0.1, 0.15) is 17.0 Å². The zero-order valence-corrected chi connectivity index (χ0v) is 20.6. The minimum atomic E-state index is -4.98. The van der Waals surface area contributed by atoms with Crippen LogP contribution in [0, 0.1) is 17.0 Å². The van der Waals surface area contributed by atoms with E-state index in [0.717, 1.165) is 4.31 Å². The first kappa shape index (κ1) is 26.0. The van der Waals surface area contributed by atoms with Gasteiger partial charge < -0.3 is 4.74 Å². The summed E-state index contributed by atoms with van der Waals surface area (Å²) < 4.78 is 101. The molecular formula is C25H20F5N3O4S. The summed E-state index contributed by atoms with van der Waals surface area (Å²) in [5.74, 6) is -2.82. The van der Waals surface area contributed by atoms with E-state index in [4.69, 9.17) is 4.74 Å². The molecule has 1 aliphatic heterocycles. The highest BCUT2D eigenvalue weighted by atomic mass is 32.2. The Bertz CT molecular complexity index is 1560. The van der Waals surface area contributed by atoms with E-state index in [1.54, 1.807) is 22.9 Å². The predicted molar refractivity (Wildman–Crippen MR) is 124 cm³/mol. The molecule has 1 atom stereocenters. The Morgan fingerprint density at radius 1 is 1.11 bits per heavy atom. The van der Waals surface area contributed by atoms with E-state index in [1.165, 1.54) is 25.4 Å². The lowest BCUT2D eigenvalue weighted by atomic mass is 9.69. The maximum Gasteiger partial charge on any atom is 0.419 e. The molecular weight excluding hydrogens is 533 g/mol. The van der Waals surface area contributed by atoms with E-state index in [1.807, 2.05) is 0 Å². The molecule has 1 saturated heterocycles. The van der Waals surface area contributed by atoms with Gasteiger partial charge in [0.25, 0.3) is 0 Å². The van der Waals surface area contributed by atoms with Gasteiger partial charge in [0.2, 0.25) is 10.0 Å². The predicted octanol–water partition coefficient (Wildman–Crippen LogP) is 4.36. The fourth-order valence-corrected chi connectivity index (χ4v) is 6.52. The monoisotopic (exact) mass is 553 g/mol. The molecule has 200 valence electrons. The van der Waals surface area contributed by atoms with Crippen molar-refractivity contribution in [3.8, 4) is 5.69 Å². The van der Waals surface area contributed by atoms with Crippen molar-refractivity contribution in [1.29, 1.82) is 0 Å². The van der Waals surface area contributed by atoms with E-state index >= 15 is 0 Å². The Labute approximate surface area is 214 Å². The van der Waals surface area contributed by atoms with Crippen LogP contribution in [-0.4, -0.2) is 48.7 Å². The highest BCUT2D eigenvalue weighted by Gasteiger charge is 2.52. The number of piperidine rings is 1. The molecule has 13 heteroatoms. The van der Waals surface area contributed by atoms with Crippen LogP contribution < -0.4 is 0 Å². The minimum Gasteiger partial charge on any atom is -0.468 e. The first-order valence-corrected chi connectivity index (χ1v) is 12.8. The smallest absolute Gasteiger partial charge is 0.419 e. The van der Waals surface area contributed by atoms with Gasteiger partial charge in [-0.2, -0.15) is 22.6 Å². The summed E-state index contributed by atoms with van der Waals surface area (Å²) in [7, 11) is -3.29. The zero-order valence-electron chi connectivity index (χ0n) is 19.8. The summed E-state index contributed by atoms with van der Waals surface area (Å²) in [6.45, 7) is -0.465. The summed E-state index contributed by atoms with van der Waals surface area (Å²) >= 11 is 0. The van der Waals surface area contributed by atoms with Gasteiger partial charge in [-0.25, -0.2) is 21.9 Å². The van der Waals surface area contributed by atoms with Crippen LogP contribution in [0.2, 0.25) is 0 Å². The summed E-state index contributed by atoms with van der Waals surface area (Å²) in [6, 6.07) is 7.06. The molecule has 7 nitrogen and oxygen atoms in total. The second-order valence-corrected chi connectivity index (χ2v) is 11.0. The average Bonchev–Trinajstić information content (AvgIpc) is 3.28. The highest BCUT2D eigenvalue weighted by Crippen LogP contribution is 2.46. The Hall–Kier alpha value is -3.58. The lowest BCUT2D eigenvalue weighted by molar-refractivity contribution is -0.151. The topological polar surface area (TPSA) is 81.5 Å². The maximum absolute atomic E-state index is 14.2. The fraction of sp³-hybridized carbons (Fsp3) is 0.280. The van der Waals surface area contributed by atoms with Crippen LogP contribution in [0.1, 0.15) is 23.2 Å². The second-order valence-electron chi connectivity index (χ2n) is 9.09. The molecule has 1 unspecified atom stereocenters. The molecule has 38 heavy (non-hydrogen) atoms. The molecule has 0 saturated carbocycles. The molecule has 1 fully saturated rings. The van der Waals surface area contributed by atoms with Crippen LogP contribution in [0.25, 0.3) is 11.8 Å². The number of halogens is 5. The van der Waals surface area contributed by atoms with Gasteiger partial charge in [-0.15, -0.1) is 0 Å². The van der Waals surface area contributed by atoms with Crippen molar-refractivity contribution >= 4 is 22.1 Å². The quantitative estimate of drug-likeness (QED) is 0.354. The molecule has 0 bridgehead atoms. The highest BCUT2D eigenvalue weighted by molar-refractivity contribution is 7.89. The Morgan fingerprint density at radius 3 is 2.45 bits per heavy atom. The van der Waals surface area contributed by atoms with Crippen LogP contribution >= 0.6 is 0 Å². The molecule has 2 aromatic carbocycles. The van der Waals surface area contributed by atoms with Crippen molar-refractivity contribution in [3.05, 3.63) is 82.7 Å². The largest absolute Gasteiger partial charge is 0.468 e. The van der Waals surface area contributed by atoms with E-state index in [-0.39, 0.29) is 25.9 Å². The number of aromatic nitrogens is 2. The van der Waals surface area contributed by atoms with Crippen molar-refractivity contribution in [2.75, 3.05) is 20.2 Å². The molecule has 5 rings (SSSR count). The molecule has 0 N–H and O–H groups in total. The first-order valence-electron chi connectivity index (χ1n) is 11.4. The summed E-state index contributed by atoms with van der Waals surface area (Å²) in [5, 5.41) is 4.36. The van der Waals surface area contributed by atoms with E-state index in [0.29, 0.717) is 40.7 Å². The molecule has 2 heterocycles. The number of sulfonamides is 1. The Kier molecular flexibility index (Phi) is 6.18. The maximum atomic E-state index is 14.2. The number of esters is 1. The second kappa shape index (κ2) is 9.02. The normalized spacial score (nSPS) is 19.9. The summed E-state index contributed by atoms with van der Waals surface area (Å²) in [5.41, 5.74) is -0.571. The molecule has 0 amide bonds. The van der Waals surface area contributed by atoms with Crippen LogP contribution in [0.15, 0.2) is 59.1 Å².